The third-order valence-electron chi connectivity index (χ3n) is 3.62. The van der Waals surface area contributed by atoms with Crippen molar-refractivity contribution in [1.29, 1.82) is 0 Å². The Bertz CT molecular complexity index is 847. The van der Waals surface area contributed by atoms with Gasteiger partial charge in [-0.3, -0.25) is 13.9 Å². The molecule has 2 aromatic rings. The Morgan fingerprint density at radius 3 is 2.59 bits per heavy atom. The molecule has 0 spiro atoms. The van der Waals surface area contributed by atoms with Crippen molar-refractivity contribution in [3.05, 3.63) is 62.9 Å². The number of hydrogen-bond donors (Lipinski definition) is 0. The van der Waals surface area contributed by atoms with Crippen LogP contribution in [-0.2, 0) is 14.1 Å². The Hall–Kier alpha value is -2.76. The van der Waals surface area contributed by atoms with E-state index in [1.807, 2.05) is 36.4 Å². The van der Waals surface area contributed by atoms with Crippen LogP contribution in [0.3, 0.4) is 0 Å². The highest BCUT2D eigenvalue weighted by atomic mass is 16.5. The molecule has 6 heteroatoms. The van der Waals surface area contributed by atoms with Crippen molar-refractivity contribution in [2.75, 3.05) is 13.2 Å². The van der Waals surface area contributed by atoms with Crippen LogP contribution in [-0.4, -0.2) is 22.3 Å². The minimum Gasteiger partial charge on any atom is -0.489 e. The fourth-order valence-corrected chi connectivity index (χ4v) is 2.43. The Balaban J connectivity index is 1.99. The molecule has 0 amide bonds. The van der Waals surface area contributed by atoms with E-state index < -0.39 is 5.56 Å². The van der Waals surface area contributed by atoms with Crippen LogP contribution in [0.25, 0.3) is 5.57 Å². The summed E-state index contributed by atoms with van der Waals surface area (Å²) in [5, 5.41) is 0. The second kappa shape index (κ2) is 5.55. The molecule has 0 bridgehead atoms. The Kier molecular flexibility index (Phi) is 3.58. The highest BCUT2D eigenvalue weighted by Gasteiger charge is 2.23. The van der Waals surface area contributed by atoms with Gasteiger partial charge in [-0.25, -0.2) is 4.79 Å². The number of rotatable bonds is 3. The Morgan fingerprint density at radius 2 is 1.86 bits per heavy atom. The van der Waals surface area contributed by atoms with Crippen LogP contribution in [0.1, 0.15) is 5.69 Å². The molecule has 1 aromatic carbocycles. The van der Waals surface area contributed by atoms with Crippen LogP contribution in [0.4, 0.5) is 0 Å². The molecule has 2 heterocycles. The second-order valence-corrected chi connectivity index (χ2v) is 5.03. The minimum absolute atomic E-state index is 0.193. The van der Waals surface area contributed by atoms with E-state index in [9.17, 15) is 9.59 Å². The molecule has 114 valence electrons. The van der Waals surface area contributed by atoms with Crippen LogP contribution < -0.4 is 20.7 Å². The molecule has 22 heavy (non-hydrogen) atoms. The van der Waals surface area contributed by atoms with Gasteiger partial charge in [0.1, 0.15) is 19.0 Å². The highest BCUT2D eigenvalue weighted by molar-refractivity contribution is 5.70. The van der Waals surface area contributed by atoms with Crippen molar-refractivity contribution in [3.8, 4) is 11.5 Å². The van der Waals surface area contributed by atoms with Gasteiger partial charge in [0.05, 0.1) is 5.69 Å². The summed E-state index contributed by atoms with van der Waals surface area (Å²) in [4.78, 5) is 24.2. The first-order valence-corrected chi connectivity index (χ1v) is 6.89. The Labute approximate surface area is 126 Å². The topological polar surface area (TPSA) is 62.5 Å². The second-order valence-electron chi connectivity index (χ2n) is 5.03. The molecule has 6 nitrogen and oxygen atoms in total. The van der Waals surface area contributed by atoms with E-state index in [-0.39, 0.29) is 24.7 Å². The van der Waals surface area contributed by atoms with Crippen molar-refractivity contribution in [2.45, 2.75) is 0 Å². The molecule has 0 N–H and O–H groups in total. The zero-order chi connectivity index (χ0) is 15.7. The first-order valence-electron chi connectivity index (χ1n) is 6.89. The van der Waals surface area contributed by atoms with E-state index in [0.717, 1.165) is 15.9 Å². The van der Waals surface area contributed by atoms with E-state index in [0.29, 0.717) is 5.69 Å². The molecule has 3 rings (SSSR count). The number of fused-ring (bicyclic) bond motifs is 1. The zero-order valence-electron chi connectivity index (χ0n) is 12.4. The van der Waals surface area contributed by atoms with Crippen molar-refractivity contribution in [2.24, 2.45) is 14.1 Å². The summed E-state index contributed by atoms with van der Waals surface area (Å²) >= 11 is 0. The van der Waals surface area contributed by atoms with E-state index in [1.165, 1.54) is 11.6 Å². The third-order valence-corrected chi connectivity index (χ3v) is 3.62. The third kappa shape index (κ3) is 2.32. The molecular formula is C16H16N2O4. The highest BCUT2D eigenvalue weighted by Crippen LogP contribution is 2.25. The van der Waals surface area contributed by atoms with E-state index in [2.05, 4.69) is 0 Å². The summed E-state index contributed by atoms with van der Waals surface area (Å²) in [6, 6.07) is 9.37. The van der Waals surface area contributed by atoms with Crippen molar-refractivity contribution >= 4 is 5.57 Å². The lowest BCUT2D eigenvalue weighted by Gasteiger charge is -2.21. The first kappa shape index (κ1) is 14.2. The van der Waals surface area contributed by atoms with Crippen LogP contribution in [0.15, 0.2) is 46.0 Å². The number of nitrogens with zero attached hydrogens (tertiary/aromatic N) is 2. The number of aromatic nitrogens is 2. The summed E-state index contributed by atoms with van der Waals surface area (Å²) < 4.78 is 13.6. The maximum absolute atomic E-state index is 12.2. The predicted molar refractivity (Wildman–Crippen MR) is 82.3 cm³/mol. The average molecular weight is 300 g/mol. The van der Waals surface area contributed by atoms with Gasteiger partial charge in [-0.15, -0.1) is 0 Å². The maximum atomic E-state index is 12.2. The summed E-state index contributed by atoms with van der Waals surface area (Å²) in [5.74, 6) is 0.920. The molecule has 1 aromatic heterocycles. The molecule has 0 unspecified atom stereocenters. The minimum atomic E-state index is -0.427. The molecule has 0 fully saturated rings. The smallest absolute Gasteiger partial charge is 0.331 e. The largest absolute Gasteiger partial charge is 0.489 e. The average Bonchev–Trinajstić information content (AvgIpc) is 2.56. The fourth-order valence-electron chi connectivity index (χ4n) is 2.43. The SMILES string of the molecule is Cn1c2c(c(=O)n(C)c1=O)OCC=C2COc1ccccc1. The molecular weight excluding hydrogens is 284 g/mol. The quantitative estimate of drug-likeness (QED) is 0.846. The van der Waals surface area contributed by atoms with Crippen molar-refractivity contribution in [1.82, 2.24) is 9.13 Å². The van der Waals surface area contributed by atoms with Crippen LogP contribution in [0, 0.1) is 0 Å². The van der Waals surface area contributed by atoms with Gasteiger partial charge in [0.2, 0.25) is 5.75 Å². The monoisotopic (exact) mass is 300 g/mol. The van der Waals surface area contributed by atoms with Gasteiger partial charge >= 0.3 is 5.69 Å². The molecule has 0 saturated carbocycles. The van der Waals surface area contributed by atoms with Gasteiger partial charge in [0.25, 0.3) is 5.56 Å². The maximum Gasteiger partial charge on any atom is 0.331 e. The molecule has 1 aliphatic heterocycles. The summed E-state index contributed by atoms with van der Waals surface area (Å²) in [6.07, 6.45) is 1.82. The summed E-state index contributed by atoms with van der Waals surface area (Å²) in [7, 11) is 3.05. The van der Waals surface area contributed by atoms with Gasteiger partial charge in [-0.2, -0.15) is 0 Å². The number of para-hydroxylation sites is 1. The predicted octanol–water partition coefficient (Wildman–Crippen LogP) is 0.939. The van der Waals surface area contributed by atoms with Gasteiger partial charge in [-0.05, 0) is 18.2 Å². The van der Waals surface area contributed by atoms with Crippen molar-refractivity contribution in [3.63, 3.8) is 0 Å². The number of hydrogen-bond acceptors (Lipinski definition) is 4. The zero-order valence-corrected chi connectivity index (χ0v) is 12.4. The summed E-state index contributed by atoms with van der Waals surface area (Å²) in [6.45, 7) is 0.550. The van der Waals surface area contributed by atoms with Crippen molar-refractivity contribution < 1.29 is 9.47 Å². The lowest BCUT2D eigenvalue weighted by Crippen LogP contribution is -2.40. The number of ether oxygens (including phenoxy) is 2. The van der Waals surface area contributed by atoms with Crippen LogP contribution in [0.2, 0.25) is 0 Å². The van der Waals surface area contributed by atoms with Crippen LogP contribution >= 0.6 is 0 Å². The molecule has 0 saturated heterocycles. The Morgan fingerprint density at radius 1 is 1.14 bits per heavy atom. The molecule has 1 aliphatic rings. The molecule has 0 atom stereocenters. The van der Waals surface area contributed by atoms with E-state index in [1.54, 1.807) is 7.05 Å². The molecule has 0 radical (unpaired) electrons. The van der Waals surface area contributed by atoms with E-state index >= 15 is 0 Å². The summed E-state index contributed by atoms with van der Waals surface area (Å²) in [5.41, 5.74) is 0.431. The van der Waals surface area contributed by atoms with Crippen LogP contribution in [0.5, 0.6) is 11.5 Å². The van der Waals surface area contributed by atoms with Gasteiger partial charge in [0.15, 0.2) is 0 Å². The van der Waals surface area contributed by atoms with Gasteiger partial charge < -0.3 is 9.47 Å². The lowest BCUT2D eigenvalue weighted by atomic mass is 10.1. The molecule has 0 aliphatic carbocycles. The normalized spacial score (nSPS) is 13.1. The first-order chi connectivity index (χ1) is 10.6. The van der Waals surface area contributed by atoms with E-state index in [4.69, 9.17) is 9.47 Å². The standard InChI is InChI=1S/C16H16N2O4/c1-17-13-11(10-22-12-6-4-3-5-7-12)8-9-21-14(13)15(19)18(2)16(17)20/h3-8H,9-10H2,1-2H3. The van der Waals surface area contributed by atoms with Gasteiger partial charge in [-0.1, -0.05) is 18.2 Å². The lowest BCUT2D eigenvalue weighted by molar-refractivity contribution is 0.329. The fraction of sp³-hybridized carbons (Fsp3) is 0.250. The number of benzene rings is 1. The van der Waals surface area contributed by atoms with Gasteiger partial charge in [0, 0.05) is 19.7 Å².